The molecule has 0 atom stereocenters. The topological polar surface area (TPSA) is 47.1 Å². The van der Waals surface area contributed by atoms with Crippen molar-refractivity contribution in [2.75, 3.05) is 26.4 Å². The molecule has 1 aromatic heterocycles. The summed E-state index contributed by atoms with van der Waals surface area (Å²) < 4.78 is 2.15. The van der Waals surface area contributed by atoms with Crippen molar-refractivity contribution in [2.45, 2.75) is 6.54 Å². The Hall–Kier alpha value is -0.680. The summed E-state index contributed by atoms with van der Waals surface area (Å²) in [5, 5.41) is 0. The van der Waals surface area contributed by atoms with Crippen LogP contribution in [-0.2, 0) is 6.54 Å². The van der Waals surface area contributed by atoms with E-state index < -0.39 is 0 Å². The summed E-state index contributed by atoms with van der Waals surface area (Å²) in [6.07, 6.45) is 1.87. The summed E-state index contributed by atoms with van der Waals surface area (Å²) in [4.78, 5) is 6.48. The molecule has 0 spiro atoms. The third-order valence-electron chi connectivity index (χ3n) is 2.43. The molecular formula is C11H19Cl3N4. The summed E-state index contributed by atoms with van der Waals surface area (Å²) in [6.45, 7) is 1.96. The van der Waals surface area contributed by atoms with Gasteiger partial charge in [-0.1, -0.05) is 0 Å². The quantitative estimate of drug-likeness (QED) is 0.885. The largest absolute Gasteiger partial charge is 0.399 e. The lowest BCUT2D eigenvalue weighted by molar-refractivity contribution is 0.386. The molecular weight excluding hydrogens is 295 g/mol. The molecule has 0 bridgehead atoms. The van der Waals surface area contributed by atoms with Crippen molar-refractivity contribution in [3.8, 4) is 0 Å². The minimum absolute atomic E-state index is 0. The molecule has 2 N–H and O–H groups in total. The average Bonchev–Trinajstić information content (AvgIpc) is 2.57. The van der Waals surface area contributed by atoms with Crippen LogP contribution in [0.3, 0.4) is 0 Å². The van der Waals surface area contributed by atoms with Crippen LogP contribution in [0.2, 0.25) is 0 Å². The molecule has 18 heavy (non-hydrogen) atoms. The first-order chi connectivity index (χ1) is 7.16. The fourth-order valence-corrected chi connectivity index (χ4v) is 1.57. The highest BCUT2D eigenvalue weighted by molar-refractivity contribution is 5.86. The number of imidazole rings is 1. The number of fused-ring (bicyclic) bond motifs is 1. The number of rotatable bonds is 3. The predicted molar refractivity (Wildman–Crippen MR) is 84.4 cm³/mol. The van der Waals surface area contributed by atoms with Gasteiger partial charge in [0.15, 0.2) is 0 Å². The fourth-order valence-electron chi connectivity index (χ4n) is 1.57. The van der Waals surface area contributed by atoms with Crippen LogP contribution in [-0.4, -0.2) is 35.1 Å². The monoisotopic (exact) mass is 312 g/mol. The van der Waals surface area contributed by atoms with Crippen LogP contribution in [0.5, 0.6) is 0 Å². The molecule has 0 saturated heterocycles. The highest BCUT2D eigenvalue weighted by Gasteiger charge is 2.02. The molecule has 1 aromatic carbocycles. The predicted octanol–water partition coefficient (Wildman–Crippen LogP) is 2.45. The molecule has 0 unspecified atom stereocenters. The molecule has 0 saturated carbocycles. The molecule has 4 nitrogen and oxygen atoms in total. The Kier molecular flexibility index (Phi) is 9.20. The molecule has 0 aliphatic carbocycles. The van der Waals surface area contributed by atoms with Gasteiger partial charge in [-0.2, -0.15) is 0 Å². The van der Waals surface area contributed by atoms with Crippen LogP contribution in [0.1, 0.15) is 0 Å². The summed E-state index contributed by atoms with van der Waals surface area (Å²) in [5.74, 6) is 0. The highest BCUT2D eigenvalue weighted by atomic mass is 35.5. The number of anilines is 1. The third kappa shape index (κ3) is 4.53. The van der Waals surface area contributed by atoms with E-state index in [1.807, 2.05) is 24.5 Å². The number of hydrogen-bond acceptors (Lipinski definition) is 3. The number of aromatic nitrogens is 2. The first kappa shape index (κ1) is 19.7. The van der Waals surface area contributed by atoms with Crippen LogP contribution in [0, 0.1) is 0 Å². The van der Waals surface area contributed by atoms with Crippen LogP contribution in [0.15, 0.2) is 24.5 Å². The van der Waals surface area contributed by atoms with Crippen molar-refractivity contribution >= 4 is 53.9 Å². The van der Waals surface area contributed by atoms with Crippen molar-refractivity contribution in [1.29, 1.82) is 0 Å². The molecule has 104 valence electrons. The number of nitrogens with two attached hydrogens (primary N) is 1. The van der Waals surface area contributed by atoms with Crippen LogP contribution < -0.4 is 5.73 Å². The maximum Gasteiger partial charge on any atom is 0.0958 e. The van der Waals surface area contributed by atoms with E-state index >= 15 is 0 Å². The van der Waals surface area contributed by atoms with Crippen LogP contribution in [0.25, 0.3) is 11.0 Å². The molecule has 7 heteroatoms. The van der Waals surface area contributed by atoms with Crippen LogP contribution >= 0.6 is 37.2 Å². The van der Waals surface area contributed by atoms with Gasteiger partial charge in [-0.25, -0.2) is 4.98 Å². The van der Waals surface area contributed by atoms with Crippen molar-refractivity contribution in [3.05, 3.63) is 24.5 Å². The molecule has 1 heterocycles. The average molecular weight is 314 g/mol. The number of likely N-dealkylation sites (N-methyl/N-ethyl adjacent to an activating group) is 1. The fraction of sp³-hybridized carbons (Fsp3) is 0.364. The van der Waals surface area contributed by atoms with E-state index in [0.717, 1.165) is 29.8 Å². The van der Waals surface area contributed by atoms with Gasteiger partial charge in [0.1, 0.15) is 0 Å². The van der Waals surface area contributed by atoms with Crippen molar-refractivity contribution < 1.29 is 0 Å². The van der Waals surface area contributed by atoms with Crippen molar-refractivity contribution in [2.24, 2.45) is 0 Å². The standard InChI is InChI=1S/C11H16N4.3ClH/c1-14(2)5-6-15-8-13-10-7-9(12)3-4-11(10)15;;;/h3-4,7-8H,5-6,12H2,1-2H3;3*1H. The summed E-state index contributed by atoms with van der Waals surface area (Å²) in [6, 6.07) is 5.84. The maximum atomic E-state index is 5.70. The van der Waals surface area contributed by atoms with Gasteiger partial charge >= 0.3 is 0 Å². The zero-order chi connectivity index (χ0) is 10.8. The maximum absolute atomic E-state index is 5.70. The normalized spacial score (nSPS) is 9.50. The first-order valence-electron chi connectivity index (χ1n) is 5.02. The SMILES string of the molecule is CN(C)CCn1cnc2cc(N)ccc21.Cl.Cl.Cl. The van der Waals surface area contributed by atoms with Gasteiger partial charge in [0, 0.05) is 18.8 Å². The van der Waals surface area contributed by atoms with Gasteiger partial charge in [0.2, 0.25) is 0 Å². The van der Waals surface area contributed by atoms with Gasteiger partial charge in [0.25, 0.3) is 0 Å². The molecule has 0 fully saturated rings. The molecule has 2 aromatic rings. The van der Waals surface area contributed by atoms with E-state index in [9.17, 15) is 0 Å². The van der Waals surface area contributed by atoms with Crippen molar-refractivity contribution in [3.63, 3.8) is 0 Å². The van der Waals surface area contributed by atoms with E-state index in [0.29, 0.717) is 0 Å². The zero-order valence-corrected chi connectivity index (χ0v) is 12.8. The Bertz CT molecular complexity index is 470. The Morgan fingerprint density at radius 3 is 2.50 bits per heavy atom. The Labute approximate surface area is 126 Å². The van der Waals surface area contributed by atoms with Gasteiger partial charge in [-0.15, -0.1) is 37.2 Å². The lowest BCUT2D eigenvalue weighted by atomic mass is 10.3. The van der Waals surface area contributed by atoms with Crippen molar-refractivity contribution in [1.82, 2.24) is 14.5 Å². The number of hydrogen-bond donors (Lipinski definition) is 1. The van der Waals surface area contributed by atoms with Gasteiger partial charge in [-0.05, 0) is 32.3 Å². The zero-order valence-electron chi connectivity index (χ0n) is 10.4. The minimum atomic E-state index is 0. The summed E-state index contributed by atoms with van der Waals surface area (Å²) in [7, 11) is 4.13. The second-order valence-corrected chi connectivity index (χ2v) is 3.99. The number of nitrogen functional groups attached to an aromatic ring is 1. The van der Waals surface area contributed by atoms with Crippen LogP contribution in [0.4, 0.5) is 5.69 Å². The highest BCUT2D eigenvalue weighted by Crippen LogP contribution is 2.15. The van der Waals surface area contributed by atoms with E-state index in [1.165, 1.54) is 0 Å². The number of nitrogens with zero attached hydrogens (tertiary/aromatic N) is 3. The van der Waals surface area contributed by atoms with E-state index in [2.05, 4.69) is 28.5 Å². The Morgan fingerprint density at radius 2 is 1.89 bits per heavy atom. The second kappa shape index (κ2) is 8.43. The Balaban J connectivity index is 0. The summed E-state index contributed by atoms with van der Waals surface area (Å²) in [5.41, 5.74) is 8.57. The lowest BCUT2D eigenvalue weighted by Crippen LogP contribution is -2.17. The third-order valence-corrected chi connectivity index (χ3v) is 2.43. The van der Waals surface area contributed by atoms with E-state index in [4.69, 9.17) is 5.73 Å². The molecule has 0 radical (unpaired) electrons. The van der Waals surface area contributed by atoms with E-state index in [1.54, 1.807) is 0 Å². The molecule has 0 amide bonds. The van der Waals surface area contributed by atoms with E-state index in [-0.39, 0.29) is 37.2 Å². The minimum Gasteiger partial charge on any atom is -0.399 e. The Morgan fingerprint density at radius 1 is 1.22 bits per heavy atom. The molecule has 0 aliphatic rings. The summed E-state index contributed by atoms with van der Waals surface area (Å²) >= 11 is 0. The number of benzene rings is 1. The smallest absolute Gasteiger partial charge is 0.0958 e. The van der Waals surface area contributed by atoms with Gasteiger partial charge in [0.05, 0.1) is 17.4 Å². The second-order valence-electron chi connectivity index (χ2n) is 3.99. The lowest BCUT2D eigenvalue weighted by Gasteiger charge is -2.10. The molecule has 0 aliphatic heterocycles. The van der Waals surface area contributed by atoms with Gasteiger partial charge in [-0.3, -0.25) is 0 Å². The number of halogens is 3. The first-order valence-corrected chi connectivity index (χ1v) is 5.02. The van der Waals surface area contributed by atoms with Gasteiger partial charge < -0.3 is 15.2 Å². The molecule has 2 rings (SSSR count).